The first-order valence-corrected chi connectivity index (χ1v) is 10.7. The number of hydrogen-bond acceptors (Lipinski definition) is 3. The number of rotatable bonds is 6. The zero-order valence-electron chi connectivity index (χ0n) is 18.0. The molecular weight excluding hydrogens is 388 g/mol. The van der Waals surface area contributed by atoms with Crippen LogP contribution in [-0.4, -0.2) is 46.5 Å². The Bertz CT molecular complexity index is 1080. The highest BCUT2D eigenvalue weighted by molar-refractivity contribution is 5.96. The number of nitrogens with one attached hydrogen (secondary N) is 2. The van der Waals surface area contributed by atoms with Gasteiger partial charge in [-0.05, 0) is 43.4 Å². The molecule has 0 aliphatic carbocycles. The number of nitrogens with zero attached hydrogens (tertiary/aromatic N) is 2. The predicted octanol–water partition coefficient (Wildman–Crippen LogP) is 3.60. The molecule has 2 aromatic carbocycles. The number of H-pyrrole nitrogens is 1. The average molecular weight is 417 g/mol. The van der Waals surface area contributed by atoms with Crippen LogP contribution in [-0.2, 0) is 11.2 Å². The van der Waals surface area contributed by atoms with E-state index in [4.69, 9.17) is 0 Å². The number of carbonyl (C=O) groups excluding carboxylic acids is 2. The number of aromatic nitrogens is 2. The maximum Gasteiger partial charge on any atom is 0.257 e. The first-order chi connectivity index (χ1) is 15.0. The Morgan fingerprint density at radius 1 is 1.13 bits per heavy atom. The molecule has 2 amide bonds. The molecule has 6 heteroatoms. The molecule has 2 heterocycles. The molecule has 0 saturated carbocycles. The van der Waals surface area contributed by atoms with E-state index in [0.29, 0.717) is 38.0 Å². The minimum Gasteiger partial charge on any atom is -0.356 e. The lowest BCUT2D eigenvalue weighted by atomic mass is 9.78. The van der Waals surface area contributed by atoms with Crippen molar-refractivity contribution in [2.24, 2.45) is 5.41 Å². The quantitative estimate of drug-likeness (QED) is 0.645. The summed E-state index contributed by atoms with van der Waals surface area (Å²) in [6.45, 7) is 5.27. The van der Waals surface area contributed by atoms with Gasteiger partial charge in [0.05, 0.1) is 17.2 Å². The maximum absolute atomic E-state index is 13.3. The summed E-state index contributed by atoms with van der Waals surface area (Å²) in [6.07, 6.45) is 2.77. The van der Waals surface area contributed by atoms with E-state index >= 15 is 0 Å². The number of amides is 2. The van der Waals surface area contributed by atoms with Crippen LogP contribution in [0.3, 0.4) is 0 Å². The van der Waals surface area contributed by atoms with Gasteiger partial charge in [-0.3, -0.25) is 14.7 Å². The molecule has 31 heavy (non-hydrogen) atoms. The second kappa shape index (κ2) is 8.76. The number of hydrogen-bond donors (Lipinski definition) is 2. The lowest BCUT2D eigenvalue weighted by Gasteiger charge is -2.29. The van der Waals surface area contributed by atoms with Gasteiger partial charge >= 0.3 is 0 Å². The van der Waals surface area contributed by atoms with Crippen LogP contribution in [0.4, 0.5) is 0 Å². The Morgan fingerprint density at radius 3 is 2.58 bits per heavy atom. The van der Waals surface area contributed by atoms with Crippen LogP contribution in [0, 0.1) is 12.3 Å². The third-order valence-corrected chi connectivity index (χ3v) is 6.15. The summed E-state index contributed by atoms with van der Waals surface area (Å²) in [5.74, 6) is -0.0640. The van der Waals surface area contributed by atoms with Crippen molar-refractivity contribution in [3.8, 4) is 11.1 Å². The van der Waals surface area contributed by atoms with E-state index in [9.17, 15) is 9.59 Å². The third kappa shape index (κ3) is 4.10. The lowest BCUT2D eigenvalue weighted by molar-refractivity contribution is -0.130. The molecule has 6 nitrogen and oxygen atoms in total. The van der Waals surface area contributed by atoms with Crippen molar-refractivity contribution in [1.29, 1.82) is 0 Å². The van der Waals surface area contributed by atoms with Gasteiger partial charge in [-0.2, -0.15) is 5.10 Å². The van der Waals surface area contributed by atoms with Gasteiger partial charge in [-0.15, -0.1) is 0 Å². The summed E-state index contributed by atoms with van der Waals surface area (Å²) in [4.78, 5) is 28.1. The highest BCUT2D eigenvalue weighted by Gasteiger charge is 2.46. The molecule has 2 N–H and O–H groups in total. The van der Waals surface area contributed by atoms with E-state index in [0.717, 1.165) is 22.4 Å². The lowest BCUT2D eigenvalue weighted by Crippen LogP contribution is -2.45. The predicted molar refractivity (Wildman–Crippen MR) is 121 cm³/mol. The zero-order valence-corrected chi connectivity index (χ0v) is 18.0. The highest BCUT2D eigenvalue weighted by atomic mass is 16.2. The molecule has 0 bridgehead atoms. The molecular formula is C25H28N4O2. The van der Waals surface area contributed by atoms with Crippen molar-refractivity contribution in [2.75, 3.05) is 19.6 Å². The van der Waals surface area contributed by atoms with E-state index in [1.54, 1.807) is 11.1 Å². The SMILES string of the molecule is CCNC(=O)[C@]1(Cc2ccccc2-c2ccccc2)CCN(C(=O)c2cn[nH]c2C)C1. The van der Waals surface area contributed by atoms with E-state index < -0.39 is 5.41 Å². The number of aromatic amines is 1. The van der Waals surface area contributed by atoms with E-state index in [-0.39, 0.29) is 11.8 Å². The van der Waals surface area contributed by atoms with Crippen LogP contribution in [0.1, 0.15) is 35.0 Å². The average Bonchev–Trinajstić information content (AvgIpc) is 3.42. The van der Waals surface area contributed by atoms with Crippen LogP contribution < -0.4 is 5.32 Å². The monoisotopic (exact) mass is 416 g/mol. The van der Waals surface area contributed by atoms with Gasteiger partial charge in [0.2, 0.25) is 5.91 Å². The van der Waals surface area contributed by atoms with E-state index in [1.807, 2.05) is 44.2 Å². The van der Waals surface area contributed by atoms with Gasteiger partial charge in [0.15, 0.2) is 0 Å². The fraction of sp³-hybridized carbons (Fsp3) is 0.320. The molecule has 0 spiro atoms. The van der Waals surface area contributed by atoms with Gasteiger partial charge < -0.3 is 10.2 Å². The number of benzene rings is 2. The summed E-state index contributed by atoms with van der Waals surface area (Å²) < 4.78 is 0. The van der Waals surface area contributed by atoms with Crippen LogP contribution in [0.15, 0.2) is 60.8 Å². The Kier molecular flexibility index (Phi) is 5.89. The molecule has 1 atom stereocenters. The first-order valence-electron chi connectivity index (χ1n) is 10.7. The summed E-state index contributed by atoms with van der Waals surface area (Å²) >= 11 is 0. The third-order valence-electron chi connectivity index (χ3n) is 6.15. The summed E-state index contributed by atoms with van der Waals surface area (Å²) in [6, 6.07) is 18.4. The number of carbonyl (C=O) groups is 2. The van der Waals surface area contributed by atoms with Gasteiger partial charge in [-0.25, -0.2) is 0 Å². The second-order valence-electron chi connectivity index (χ2n) is 8.23. The Labute approximate surface area is 182 Å². The standard InChI is InChI=1S/C25H28N4O2/c1-3-26-24(31)25(13-14-29(17-25)23(30)22-16-27-28-18(22)2)15-20-11-7-8-12-21(20)19-9-5-4-6-10-19/h4-12,16H,3,13-15,17H2,1-2H3,(H,26,31)(H,27,28)/t25-/m0/s1. The topological polar surface area (TPSA) is 78.1 Å². The van der Waals surface area contributed by atoms with Crippen LogP contribution in [0.5, 0.6) is 0 Å². The minimum absolute atomic E-state index is 0.0112. The number of likely N-dealkylation sites (tertiary alicyclic amines) is 1. The Balaban J connectivity index is 1.66. The molecule has 1 saturated heterocycles. The van der Waals surface area contributed by atoms with E-state index in [2.05, 4.69) is 39.8 Å². The van der Waals surface area contributed by atoms with Gasteiger partial charge in [0.1, 0.15) is 0 Å². The molecule has 4 rings (SSSR count). The van der Waals surface area contributed by atoms with Crippen molar-refractivity contribution in [2.45, 2.75) is 26.7 Å². The largest absolute Gasteiger partial charge is 0.356 e. The van der Waals surface area contributed by atoms with Gasteiger partial charge in [0.25, 0.3) is 5.91 Å². The Hall–Kier alpha value is -3.41. The smallest absolute Gasteiger partial charge is 0.257 e. The Morgan fingerprint density at radius 2 is 1.87 bits per heavy atom. The maximum atomic E-state index is 13.3. The zero-order chi connectivity index (χ0) is 21.8. The highest BCUT2D eigenvalue weighted by Crippen LogP contribution is 2.38. The van der Waals surface area contributed by atoms with Crippen LogP contribution in [0.2, 0.25) is 0 Å². The van der Waals surface area contributed by atoms with Crippen molar-refractivity contribution in [1.82, 2.24) is 20.4 Å². The molecule has 3 aromatic rings. The normalized spacial score (nSPS) is 18.2. The van der Waals surface area contributed by atoms with Gasteiger partial charge in [-0.1, -0.05) is 54.6 Å². The number of aryl methyl sites for hydroxylation is 1. The van der Waals surface area contributed by atoms with Crippen LogP contribution in [0.25, 0.3) is 11.1 Å². The molecule has 1 aliphatic rings. The molecule has 1 aromatic heterocycles. The van der Waals surface area contributed by atoms with Crippen molar-refractivity contribution < 1.29 is 9.59 Å². The second-order valence-corrected chi connectivity index (χ2v) is 8.23. The summed E-state index contributed by atoms with van der Waals surface area (Å²) in [5, 5.41) is 9.82. The molecule has 1 fully saturated rings. The van der Waals surface area contributed by atoms with E-state index in [1.165, 1.54) is 0 Å². The first kappa shape index (κ1) is 20.8. The summed E-state index contributed by atoms with van der Waals surface area (Å²) in [7, 11) is 0. The fourth-order valence-electron chi connectivity index (χ4n) is 4.48. The van der Waals surface area contributed by atoms with Crippen molar-refractivity contribution in [3.63, 3.8) is 0 Å². The molecule has 0 unspecified atom stereocenters. The molecule has 160 valence electrons. The summed E-state index contributed by atoms with van der Waals surface area (Å²) in [5.41, 5.74) is 4.03. The van der Waals surface area contributed by atoms with Gasteiger partial charge in [0, 0.05) is 25.3 Å². The fourth-order valence-corrected chi connectivity index (χ4v) is 4.48. The van der Waals surface area contributed by atoms with Crippen LogP contribution >= 0.6 is 0 Å². The molecule has 1 aliphatic heterocycles. The minimum atomic E-state index is -0.659. The van der Waals surface area contributed by atoms with Crippen molar-refractivity contribution in [3.05, 3.63) is 77.6 Å². The molecule has 0 radical (unpaired) electrons. The van der Waals surface area contributed by atoms with Crippen molar-refractivity contribution >= 4 is 11.8 Å².